The van der Waals surface area contributed by atoms with Crippen LogP contribution < -0.4 is 4.90 Å². The van der Waals surface area contributed by atoms with Crippen molar-refractivity contribution in [3.8, 4) is 61.3 Å². The first-order valence-corrected chi connectivity index (χ1v) is 25.9. The molecule has 11 aromatic carbocycles. The van der Waals surface area contributed by atoms with Gasteiger partial charge in [-0.3, -0.25) is 0 Å². The van der Waals surface area contributed by atoms with Crippen LogP contribution in [0.25, 0.3) is 105 Å². The minimum Gasteiger partial charge on any atom is -0.455 e. The molecule has 3 heteroatoms. The second kappa shape index (κ2) is 18.7. The van der Waals surface area contributed by atoms with Gasteiger partial charge in [0.05, 0.1) is 16.7 Å². The quantitative estimate of drug-likeness (QED) is 0.136. The smallest absolute Gasteiger partial charge is 0.143 e. The summed E-state index contributed by atoms with van der Waals surface area (Å²) in [6, 6.07) is 96.6. The van der Waals surface area contributed by atoms with Crippen LogP contribution in [0.4, 0.5) is 11.4 Å². The van der Waals surface area contributed by atoms with Crippen LogP contribution >= 0.6 is 0 Å². The van der Waals surface area contributed by atoms with Gasteiger partial charge in [-0.1, -0.05) is 218 Å². The lowest BCUT2D eigenvalue weighted by molar-refractivity contribution is 0.670. The number of hydrogen-bond donors (Lipinski definition) is 0. The average Bonchev–Trinajstić information content (AvgIpc) is 4.04. The second-order valence-corrected chi connectivity index (χ2v) is 19.6. The van der Waals surface area contributed by atoms with Gasteiger partial charge in [-0.05, 0) is 123 Å². The van der Waals surface area contributed by atoms with Crippen molar-refractivity contribution in [2.75, 3.05) is 4.90 Å². The molecule has 75 heavy (non-hydrogen) atoms. The molecule has 1 atom stereocenters. The Morgan fingerprint density at radius 1 is 0.373 bits per heavy atom. The highest BCUT2D eigenvalue weighted by Crippen LogP contribution is 2.42. The van der Waals surface area contributed by atoms with Crippen molar-refractivity contribution in [1.29, 1.82) is 0 Å². The molecule has 2 heterocycles. The van der Waals surface area contributed by atoms with E-state index < -0.39 is 0 Å². The van der Waals surface area contributed by atoms with E-state index >= 15 is 0 Å². The number of nitrogens with zero attached hydrogens (tertiary/aromatic N) is 2. The van der Waals surface area contributed by atoms with E-state index in [0.717, 1.165) is 62.2 Å². The van der Waals surface area contributed by atoms with Gasteiger partial charge in [0.1, 0.15) is 11.2 Å². The molecule has 354 valence electrons. The third-order valence-corrected chi connectivity index (χ3v) is 15.2. The lowest BCUT2D eigenvalue weighted by atomic mass is 9.90. The summed E-state index contributed by atoms with van der Waals surface area (Å²) < 4.78 is 8.91. The van der Waals surface area contributed by atoms with Crippen LogP contribution in [0.5, 0.6) is 0 Å². The summed E-state index contributed by atoms with van der Waals surface area (Å²) in [7, 11) is 0. The molecule has 0 fully saturated rings. The molecule has 0 N–H and O–H groups in total. The Morgan fingerprint density at radius 3 is 1.47 bits per heavy atom. The fourth-order valence-electron chi connectivity index (χ4n) is 11.4. The van der Waals surface area contributed by atoms with Gasteiger partial charge in [0.2, 0.25) is 0 Å². The number of hydrogen-bond acceptors (Lipinski definition) is 2. The first kappa shape index (κ1) is 44.0. The van der Waals surface area contributed by atoms with Gasteiger partial charge >= 0.3 is 0 Å². The molecule has 0 saturated heterocycles. The van der Waals surface area contributed by atoms with Crippen LogP contribution in [0, 0.1) is 0 Å². The molecule has 0 aliphatic heterocycles. The summed E-state index contributed by atoms with van der Waals surface area (Å²) in [4.78, 5) is 2.38. The predicted octanol–water partition coefficient (Wildman–Crippen LogP) is 19.8. The van der Waals surface area contributed by atoms with Crippen molar-refractivity contribution in [3.05, 3.63) is 296 Å². The Hall–Kier alpha value is -9.70. The highest BCUT2D eigenvalue weighted by molar-refractivity contribution is 6.12. The number of aromatic nitrogens is 1. The van der Waals surface area contributed by atoms with Crippen LogP contribution in [-0.2, 0) is 0 Å². The molecule has 13 aromatic rings. The molecule has 3 nitrogen and oxygen atoms in total. The van der Waals surface area contributed by atoms with Gasteiger partial charge < -0.3 is 13.9 Å². The Labute approximate surface area is 436 Å². The normalized spacial score (nSPS) is 13.4. The van der Waals surface area contributed by atoms with Crippen LogP contribution in [-0.4, -0.2) is 4.57 Å². The fourth-order valence-corrected chi connectivity index (χ4v) is 11.4. The van der Waals surface area contributed by atoms with Crippen LogP contribution in [0.3, 0.4) is 0 Å². The van der Waals surface area contributed by atoms with E-state index in [-0.39, 0.29) is 5.92 Å². The van der Waals surface area contributed by atoms with Gasteiger partial charge in [-0.25, -0.2) is 0 Å². The monoisotopic (exact) mass is 958 g/mol. The lowest BCUT2D eigenvalue weighted by Gasteiger charge is -2.29. The van der Waals surface area contributed by atoms with Crippen LogP contribution in [0.15, 0.2) is 295 Å². The van der Waals surface area contributed by atoms with Gasteiger partial charge in [0.15, 0.2) is 0 Å². The topological polar surface area (TPSA) is 21.3 Å². The molecule has 1 unspecified atom stereocenters. The molecule has 0 saturated carbocycles. The molecular formula is C72H50N2O. The van der Waals surface area contributed by atoms with Gasteiger partial charge in [-0.15, -0.1) is 0 Å². The molecule has 2 aromatic heterocycles. The number of fused-ring (bicyclic) bond motifs is 6. The molecule has 0 radical (unpaired) electrons. The largest absolute Gasteiger partial charge is 0.455 e. The highest BCUT2D eigenvalue weighted by atomic mass is 16.3. The van der Waals surface area contributed by atoms with Gasteiger partial charge in [0.25, 0.3) is 0 Å². The SMILES string of the molecule is C1=CC(c2ccc(-c3ccccc3-n3c4ccc(-c5ccccc5)cc4c4cc(-c5ccccc5)ccc43)cc2)CC=C1N(c1ccc(-c2ccccc2)cc1)c1ccc(-c2cccc3c2oc2ccccc23)cc1. The number of allylic oxidation sites excluding steroid dienone is 3. The van der Waals surface area contributed by atoms with Crippen molar-refractivity contribution < 1.29 is 4.42 Å². The summed E-state index contributed by atoms with van der Waals surface area (Å²) in [5, 5.41) is 4.75. The number of furan rings is 1. The second-order valence-electron chi connectivity index (χ2n) is 19.6. The van der Waals surface area contributed by atoms with E-state index in [1.54, 1.807) is 0 Å². The summed E-state index contributed by atoms with van der Waals surface area (Å²) in [6.45, 7) is 0. The van der Waals surface area contributed by atoms with Crippen molar-refractivity contribution in [1.82, 2.24) is 4.57 Å². The van der Waals surface area contributed by atoms with Crippen LogP contribution in [0.1, 0.15) is 17.9 Å². The van der Waals surface area contributed by atoms with Crippen LogP contribution in [0.2, 0.25) is 0 Å². The van der Waals surface area contributed by atoms with E-state index in [4.69, 9.17) is 4.42 Å². The van der Waals surface area contributed by atoms with Crippen molar-refractivity contribution in [3.63, 3.8) is 0 Å². The number of anilines is 2. The van der Waals surface area contributed by atoms with Crippen molar-refractivity contribution in [2.24, 2.45) is 0 Å². The third-order valence-electron chi connectivity index (χ3n) is 15.2. The summed E-state index contributed by atoms with van der Waals surface area (Å²) in [6.07, 6.45) is 7.96. The Bertz CT molecular complexity index is 4180. The minimum absolute atomic E-state index is 0.238. The van der Waals surface area contributed by atoms with Gasteiger partial charge in [-0.2, -0.15) is 0 Å². The molecule has 0 spiro atoms. The summed E-state index contributed by atoms with van der Waals surface area (Å²) >= 11 is 0. The molecule has 1 aliphatic carbocycles. The van der Waals surface area contributed by atoms with Gasteiger partial charge in [0, 0.05) is 55.7 Å². The van der Waals surface area contributed by atoms with E-state index in [2.05, 4.69) is 282 Å². The molecule has 14 rings (SSSR count). The van der Waals surface area contributed by atoms with E-state index in [0.29, 0.717) is 0 Å². The predicted molar refractivity (Wildman–Crippen MR) is 315 cm³/mol. The van der Waals surface area contributed by atoms with Crippen molar-refractivity contribution >= 4 is 55.1 Å². The first-order chi connectivity index (χ1) is 37.2. The Morgan fingerprint density at radius 2 is 0.853 bits per heavy atom. The van der Waals surface area contributed by atoms with Crippen molar-refractivity contribution in [2.45, 2.75) is 12.3 Å². The molecule has 1 aliphatic rings. The lowest BCUT2D eigenvalue weighted by Crippen LogP contribution is -2.17. The highest BCUT2D eigenvalue weighted by Gasteiger charge is 2.22. The summed E-state index contributed by atoms with van der Waals surface area (Å²) in [5.74, 6) is 0.238. The fraction of sp³-hybridized carbons (Fsp3) is 0.0278. The van der Waals surface area contributed by atoms with E-state index in [1.807, 2.05) is 12.1 Å². The van der Waals surface area contributed by atoms with E-state index in [9.17, 15) is 0 Å². The minimum atomic E-state index is 0.238. The summed E-state index contributed by atoms with van der Waals surface area (Å²) in [5.41, 5.74) is 21.8. The maximum absolute atomic E-state index is 6.45. The standard InChI is InChI=1S/C72H50N2O/c1-4-15-49(16-5-1)53-31-39-59(40-32-53)73(61-43-35-56(36-44-61)63-23-14-24-65-64-22-11-13-26-71(64)75-72(63)65)60-41-33-54(34-42-60)52-27-29-55(30-28-52)62-21-10-12-25-68(62)74-69-45-37-57(50-17-6-2-7-18-50)47-66(69)67-48-58(38-46-70(67)74)51-19-8-3-9-20-51/h1-33,35-48,54H,34H2. The molecule has 0 amide bonds. The first-order valence-electron chi connectivity index (χ1n) is 25.9. The molecule has 0 bridgehead atoms. The number of benzene rings is 11. The Kier molecular flexibility index (Phi) is 11.0. The molecular weight excluding hydrogens is 909 g/mol. The maximum atomic E-state index is 6.45. The average molecular weight is 959 g/mol. The number of rotatable bonds is 10. The number of para-hydroxylation sites is 3. The zero-order chi connectivity index (χ0) is 49.7. The zero-order valence-electron chi connectivity index (χ0n) is 41.2. The van der Waals surface area contributed by atoms with E-state index in [1.165, 1.54) is 71.9 Å². The Balaban J connectivity index is 0.781. The zero-order valence-corrected chi connectivity index (χ0v) is 41.2. The third kappa shape index (κ3) is 8.03. The maximum Gasteiger partial charge on any atom is 0.143 e.